The molecule has 7 nitrogen and oxygen atoms in total. The monoisotopic (exact) mass is 383 g/mol. The van der Waals surface area contributed by atoms with Crippen LogP contribution < -0.4 is 0 Å². The predicted molar refractivity (Wildman–Crippen MR) is 91.2 cm³/mol. The SMILES string of the molecule is COC(=O)[C@@H](Cc1cccc(Cl)c1)S(=O)(=O)c1ccccc1[N+](=O)[O-]. The van der Waals surface area contributed by atoms with E-state index < -0.39 is 36.6 Å². The molecule has 0 unspecified atom stereocenters. The summed E-state index contributed by atoms with van der Waals surface area (Å²) in [6, 6.07) is 11.2. The molecular weight excluding hydrogens is 370 g/mol. The van der Waals surface area contributed by atoms with Crippen molar-refractivity contribution in [2.75, 3.05) is 7.11 Å². The smallest absolute Gasteiger partial charge is 0.324 e. The van der Waals surface area contributed by atoms with E-state index >= 15 is 0 Å². The first kappa shape index (κ1) is 18.9. The number of nitro groups is 1. The fourth-order valence-electron chi connectivity index (χ4n) is 2.33. The van der Waals surface area contributed by atoms with Gasteiger partial charge in [-0.2, -0.15) is 0 Å². The number of nitro benzene ring substituents is 1. The quantitative estimate of drug-likeness (QED) is 0.431. The predicted octanol–water partition coefficient (Wildman–Crippen LogP) is 2.81. The Morgan fingerprint density at radius 3 is 2.52 bits per heavy atom. The van der Waals surface area contributed by atoms with Crippen LogP contribution in [-0.2, 0) is 25.8 Å². The first-order valence-corrected chi connectivity index (χ1v) is 8.99. The van der Waals surface area contributed by atoms with E-state index in [1.54, 1.807) is 18.2 Å². The summed E-state index contributed by atoms with van der Waals surface area (Å²) in [5.41, 5.74) is -0.104. The van der Waals surface area contributed by atoms with Gasteiger partial charge in [-0.25, -0.2) is 8.42 Å². The van der Waals surface area contributed by atoms with Crippen LogP contribution in [0.4, 0.5) is 5.69 Å². The highest BCUT2D eigenvalue weighted by Gasteiger charge is 2.39. The van der Waals surface area contributed by atoms with Crippen molar-refractivity contribution in [3.63, 3.8) is 0 Å². The maximum Gasteiger partial charge on any atom is 0.324 e. The van der Waals surface area contributed by atoms with E-state index in [1.165, 1.54) is 18.2 Å². The van der Waals surface area contributed by atoms with Crippen molar-refractivity contribution in [3.8, 4) is 0 Å². The maximum absolute atomic E-state index is 12.9. The lowest BCUT2D eigenvalue weighted by Gasteiger charge is -2.16. The summed E-state index contributed by atoms with van der Waals surface area (Å²) >= 11 is 5.88. The third-order valence-electron chi connectivity index (χ3n) is 3.52. The maximum atomic E-state index is 12.9. The van der Waals surface area contributed by atoms with Gasteiger partial charge in [-0.1, -0.05) is 35.9 Å². The molecule has 0 heterocycles. The van der Waals surface area contributed by atoms with Gasteiger partial charge in [-0.3, -0.25) is 14.9 Å². The summed E-state index contributed by atoms with van der Waals surface area (Å²) in [7, 11) is -3.30. The van der Waals surface area contributed by atoms with Crippen LogP contribution in [0.25, 0.3) is 0 Å². The third kappa shape index (κ3) is 4.15. The Bertz CT molecular complexity index is 912. The zero-order chi connectivity index (χ0) is 18.6. The average molecular weight is 384 g/mol. The first-order chi connectivity index (χ1) is 11.8. The van der Waals surface area contributed by atoms with Gasteiger partial charge in [0.15, 0.2) is 15.1 Å². The van der Waals surface area contributed by atoms with E-state index in [2.05, 4.69) is 4.74 Å². The Balaban J connectivity index is 2.54. The van der Waals surface area contributed by atoms with Gasteiger partial charge in [0.1, 0.15) is 4.90 Å². The molecule has 2 aromatic rings. The number of ether oxygens (including phenoxy) is 1. The Kier molecular flexibility index (Phi) is 5.76. The molecule has 0 spiro atoms. The minimum atomic E-state index is -4.36. The second-order valence-electron chi connectivity index (χ2n) is 5.12. The number of hydrogen-bond acceptors (Lipinski definition) is 6. The van der Waals surface area contributed by atoms with Crippen molar-refractivity contribution in [1.82, 2.24) is 0 Å². The molecule has 0 saturated carbocycles. The van der Waals surface area contributed by atoms with Crippen molar-refractivity contribution >= 4 is 33.1 Å². The van der Waals surface area contributed by atoms with Crippen molar-refractivity contribution in [2.45, 2.75) is 16.6 Å². The van der Waals surface area contributed by atoms with Gasteiger partial charge in [-0.05, 0) is 23.8 Å². The van der Waals surface area contributed by atoms with Crippen LogP contribution >= 0.6 is 11.6 Å². The molecule has 0 aliphatic rings. The standard InChI is InChI=1S/C16H14ClNO6S/c1-24-16(19)15(10-11-5-4-6-12(17)9-11)25(22,23)14-8-3-2-7-13(14)18(20)21/h2-9,15H,10H2,1H3/t15-/m1/s1. The van der Waals surface area contributed by atoms with Gasteiger partial charge in [0.2, 0.25) is 0 Å². The summed E-state index contributed by atoms with van der Waals surface area (Å²) in [6.45, 7) is 0. The largest absolute Gasteiger partial charge is 0.468 e. The van der Waals surface area contributed by atoms with Gasteiger partial charge < -0.3 is 4.74 Å². The summed E-state index contributed by atoms with van der Waals surface area (Å²) in [4.78, 5) is 21.9. The Labute approximate surface area is 149 Å². The molecule has 0 fully saturated rings. The molecule has 0 N–H and O–H groups in total. The molecule has 25 heavy (non-hydrogen) atoms. The molecule has 1 atom stereocenters. The van der Waals surface area contributed by atoms with E-state index in [1.807, 2.05) is 0 Å². The minimum Gasteiger partial charge on any atom is -0.468 e. The van der Waals surface area contributed by atoms with Gasteiger partial charge in [-0.15, -0.1) is 0 Å². The van der Waals surface area contributed by atoms with E-state index in [4.69, 9.17) is 11.6 Å². The van der Waals surface area contributed by atoms with Crippen LogP contribution in [0, 0.1) is 10.1 Å². The van der Waals surface area contributed by atoms with Crippen LogP contribution in [0.15, 0.2) is 53.4 Å². The molecule has 0 amide bonds. The van der Waals surface area contributed by atoms with Gasteiger partial charge in [0.25, 0.3) is 5.69 Å². The van der Waals surface area contributed by atoms with Crippen molar-refractivity contribution < 1.29 is 22.9 Å². The Hall–Kier alpha value is -2.45. The molecule has 0 saturated heterocycles. The van der Waals surface area contributed by atoms with Crippen molar-refractivity contribution in [1.29, 1.82) is 0 Å². The molecule has 9 heteroatoms. The second-order valence-corrected chi connectivity index (χ2v) is 7.65. The fraction of sp³-hybridized carbons (Fsp3) is 0.188. The summed E-state index contributed by atoms with van der Waals surface area (Å²) in [5.74, 6) is -1.00. The number of para-hydroxylation sites is 1. The summed E-state index contributed by atoms with van der Waals surface area (Å²) in [5, 5.41) is 9.89. The molecule has 0 aliphatic carbocycles. The van der Waals surface area contributed by atoms with E-state index in [0.29, 0.717) is 10.6 Å². The highest BCUT2D eigenvalue weighted by molar-refractivity contribution is 7.93. The van der Waals surface area contributed by atoms with Gasteiger partial charge >= 0.3 is 5.97 Å². The Morgan fingerprint density at radius 2 is 1.92 bits per heavy atom. The fourth-order valence-corrected chi connectivity index (χ4v) is 4.31. The summed E-state index contributed by atoms with van der Waals surface area (Å²) < 4.78 is 30.4. The number of esters is 1. The topological polar surface area (TPSA) is 104 Å². The molecular formula is C16H14ClNO6S. The number of carbonyl (C=O) groups is 1. The number of benzene rings is 2. The average Bonchev–Trinajstić information content (AvgIpc) is 2.59. The molecule has 0 aromatic heterocycles. The summed E-state index contributed by atoms with van der Waals surface area (Å²) in [6.07, 6.45) is -0.221. The van der Waals surface area contributed by atoms with Crippen LogP contribution in [-0.4, -0.2) is 31.7 Å². The van der Waals surface area contributed by atoms with Gasteiger partial charge in [0.05, 0.1) is 12.0 Å². The van der Waals surface area contributed by atoms with Gasteiger partial charge in [0, 0.05) is 17.5 Å². The first-order valence-electron chi connectivity index (χ1n) is 7.07. The molecule has 0 bridgehead atoms. The lowest BCUT2D eigenvalue weighted by molar-refractivity contribution is -0.387. The zero-order valence-electron chi connectivity index (χ0n) is 13.1. The molecule has 132 valence electrons. The van der Waals surface area contributed by atoms with Crippen LogP contribution in [0.1, 0.15) is 5.56 Å². The zero-order valence-corrected chi connectivity index (χ0v) is 14.7. The van der Waals surface area contributed by atoms with E-state index in [0.717, 1.165) is 19.2 Å². The highest BCUT2D eigenvalue weighted by atomic mass is 35.5. The molecule has 0 aliphatic heterocycles. The van der Waals surface area contributed by atoms with Crippen molar-refractivity contribution in [3.05, 3.63) is 69.2 Å². The van der Waals surface area contributed by atoms with Crippen LogP contribution in [0.3, 0.4) is 0 Å². The normalized spacial score (nSPS) is 12.4. The lowest BCUT2D eigenvalue weighted by atomic mass is 10.1. The second kappa shape index (κ2) is 7.62. The molecule has 2 aromatic carbocycles. The molecule has 2 rings (SSSR count). The lowest BCUT2D eigenvalue weighted by Crippen LogP contribution is -2.34. The van der Waals surface area contributed by atoms with Crippen molar-refractivity contribution in [2.24, 2.45) is 0 Å². The third-order valence-corrected chi connectivity index (χ3v) is 5.82. The Morgan fingerprint density at radius 1 is 1.24 bits per heavy atom. The number of halogens is 1. The molecule has 0 radical (unpaired) electrons. The number of hydrogen-bond donors (Lipinski definition) is 0. The number of sulfone groups is 1. The van der Waals surface area contributed by atoms with E-state index in [-0.39, 0.29) is 6.42 Å². The number of rotatable bonds is 6. The number of carbonyl (C=O) groups excluding carboxylic acids is 1. The van der Waals surface area contributed by atoms with E-state index in [9.17, 15) is 23.3 Å². The number of methoxy groups -OCH3 is 1. The van der Waals surface area contributed by atoms with Crippen LogP contribution in [0.5, 0.6) is 0 Å². The van der Waals surface area contributed by atoms with Crippen LogP contribution in [0.2, 0.25) is 5.02 Å². The highest BCUT2D eigenvalue weighted by Crippen LogP contribution is 2.29. The number of nitrogens with zero attached hydrogens (tertiary/aromatic N) is 1. The minimum absolute atomic E-state index is 0.221.